The van der Waals surface area contributed by atoms with Gasteiger partial charge in [0.15, 0.2) is 0 Å². The average molecular weight is 256 g/mol. The molecular weight excluding hydrogens is 224 g/mol. The minimum absolute atomic E-state index is 0.551. The number of unbranched alkanes of at least 4 members (excludes halogenated alkanes) is 1. The molecule has 3 nitrogen and oxygen atoms in total. The van der Waals surface area contributed by atoms with Crippen LogP contribution in [0.2, 0.25) is 0 Å². The minimum atomic E-state index is -0.551. The molecule has 1 heterocycles. The van der Waals surface area contributed by atoms with Crippen molar-refractivity contribution in [1.29, 1.82) is 0 Å². The minimum Gasteiger partial charge on any atom is -0.389 e. The van der Waals surface area contributed by atoms with E-state index in [9.17, 15) is 5.11 Å². The zero-order chi connectivity index (χ0) is 13.6. The van der Waals surface area contributed by atoms with Crippen LogP contribution in [0.3, 0.4) is 0 Å². The summed E-state index contributed by atoms with van der Waals surface area (Å²) < 4.78 is 0. The Kier molecular flexibility index (Phi) is 6.61. The van der Waals surface area contributed by atoms with Crippen LogP contribution in [0, 0.1) is 5.92 Å². The lowest BCUT2D eigenvalue weighted by molar-refractivity contribution is 0.0224. The van der Waals surface area contributed by atoms with Gasteiger partial charge in [0.1, 0.15) is 0 Å². The first-order valence-corrected chi connectivity index (χ1v) is 7.54. The molecule has 0 amide bonds. The van der Waals surface area contributed by atoms with Crippen molar-refractivity contribution in [3.63, 3.8) is 0 Å². The second kappa shape index (κ2) is 7.46. The van der Waals surface area contributed by atoms with Gasteiger partial charge < -0.3 is 14.9 Å². The van der Waals surface area contributed by atoms with Crippen molar-refractivity contribution in [2.24, 2.45) is 5.92 Å². The van der Waals surface area contributed by atoms with Gasteiger partial charge >= 0.3 is 0 Å². The van der Waals surface area contributed by atoms with Crippen LogP contribution < -0.4 is 0 Å². The van der Waals surface area contributed by atoms with Crippen LogP contribution in [0.15, 0.2) is 0 Å². The van der Waals surface area contributed by atoms with E-state index < -0.39 is 5.60 Å². The fraction of sp³-hybridized carbons (Fsp3) is 1.00. The normalized spacial score (nSPS) is 19.7. The molecule has 0 aromatic carbocycles. The standard InChI is InChI=1S/C15H32N2O/c1-5-6-9-16(4)12-14-7-10-17(11-8-14)13-15(2,3)18/h14,18H,5-13H2,1-4H3. The molecule has 1 fully saturated rings. The van der Waals surface area contributed by atoms with E-state index in [2.05, 4.69) is 23.8 Å². The molecule has 18 heavy (non-hydrogen) atoms. The quantitative estimate of drug-likeness (QED) is 0.756. The number of nitrogens with zero attached hydrogens (tertiary/aromatic N) is 2. The first-order chi connectivity index (χ1) is 8.40. The summed E-state index contributed by atoms with van der Waals surface area (Å²) in [7, 11) is 2.25. The molecule has 0 radical (unpaired) electrons. The van der Waals surface area contributed by atoms with Crippen LogP contribution in [-0.2, 0) is 0 Å². The molecule has 0 aromatic heterocycles. The number of aliphatic hydroxyl groups is 1. The van der Waals surface area contributed by atoms with Crippen LogP contribution in [0.1, 0.15) is 46.5 Å². The Morgan fingerprint density at radius 2 is 1.89 bits per heavy atom. The Morgan fingerprint density at radius 3 is 2.39 bits per heavy atom. The zero-order valence-electron chi connectivity index (χ0n) is 12.8. The third-order valence-corrected chi connectivity index (χ3v) is 3.78. The lowest BCUT2D eigenvalue weighted by atomic mass is 9.95. The summed E-state index contributed by atoms with van der Waals surface area (Å²) in [6.45, 7) is 11.6. The molecule has 0 spiro atoms. The molecule has 0 saturated carbocycles. The molecule has 0 bridgehead atoms. The highest BCUT2D eigenvalue weighted by Crippen LogP contribution is 2.19. The van der Waals surface area contributed by atoms with Crippen LogP contribution in [0.5, 0.6) is 0 Å². The van der Waals surface area contributed by atoms with E-state index in [1.54, 1.807) is 0 Å². The summed E-state index contributed by atoms with van der Waals surface area (Å²) in [5, 5.41) is 9.83. The average Bonchev–Trinajstić information content (AvgIpc) is 2.27. The van der Waals surface area contributed by atoms with Gasteiger partial charge in [-0.05, 0) is 65.7 Å². The molecule has 1 aliphatic rings. The van der Waals surface area contributed by atoms with Crippen molar-refractivity contribution in [2.75, 3.05) is 39.8 Å². The van der Waals surface area contributed by atoms with Crippen LogP contribution in [0.25, 0.3) is 0 Å². The number of piperidine rings is 1. The van der Waals surface area contributed by atoms with Gasteiger partial charge in [-0.2, -0.15) is 0 Å². The Balaban J connectivity index is 2.19. The Morgan fingerprint density at radius 1 is 1.28 bits per heavy atom. The summed E-state index contributed by atoms with van der Waals surface area (Å²) in [4.78, 5) is 4.89. The maximum atomic E-state index is 9.83. The van der Waals surface area contributed by atoms with E-state index in [4.69, 9.17) is 0 Å². The number of hydrogen-bond acceptors (Lipinski definition) is 3. The SMILES string of the molecule is CCCCN(C)CC1CCN(CC(C)(C)O)CC1. The maximum Gasteiger partial charge on any atom is 0.0718 e. The first kappa shape index (κ1) is 15.9. The van der Waals surface area contributed by atoms with Gasteiger partial charge in [0.05, 0.1) is 5.60 Å². The van der Waals surface area contributed by atoms with E-state index in [1.165, 1.54) is 38.8 Å². The van der Waals surface area contributed by atoms with Gasteiger partial charge in [-0.15, -0.1) is 0 Å². The number of hydrogen-bond donors (Lipinski definition) is 1. The third-order valence-electron chi connectivity index (χ3n) is 3.78. The highest BCUT2D eigenvalue weighted by atomic mass is 16.3. The smallest absolute Gasteiger partial charge is 0.0718 e. The molecule has 108 valence electrons. The molecule has 1 saturated heterocycles. The number of rotatable bonds is 7. The van der Waals surface area contributed by atoms with Gasteiger partial charge in [-0.25, -0.2) is 0 Å². The van der Waals surface area contributed by atoms with Gasteiger partial charge in [0.25, 0.3) is 0 Å². The molecule has 3 heteroatoms. The fourth-order valence-electron chi connectivity index (χ4n) is 2.83. The van der Waals surface area contributed by atoms with Crippen molar-refractivity contribution in [1.82, 2.24) is 9.80 Å². The highest BCUT2D eigenvalue weighted by molar-refractivity contribution is 4.78. The van der Waals surface area contributed by atoms with Crippen molar-refractivity contribution < 1.29 is 5.11 Å². The van der Waals surface area contributed by atoms with Crippen LogP contribution in [-0.4, -0.2) is 60.3 Å². The van der Waals surface area contributed by atoms with Gasteiger partial charge in [0.2, 0.25) is 0 Å². The van der Waals surface area contributed by atoms with E-state index in [0.29, 0.717) is 0 Å². The topological polar surface area (TPSA) is 26.7 Å². The van der Waals surface area contributed by atoms with Crippen LogP contribution >= 0.6 is 0 Å². The van der Waals surface area contributed by atoms with E-state index in [1.807, 2.05) is 13.8 Å². The molecule has 0 aromatic rings. The predicted octanol–water partition coefficient (Wildman–Crippen LogP) is 2.20. The van der Waals surface area contributed by atoms with Crippen molar-refractivity contribution in [3.8, 4) is 0 Å². The van der Waals surface area contributed by atoms with Crippen molar-refractivity contribution in [3.05, 3.63) is 0 Å². The fourth-order valence-corrected chi connectivity index (χ4v) is 2.83. The van der Waals surface area contributed by atoms with Crippen molar-refractivity contribution >= 4 is 0 Å². The second-order valence-electron chi connectivity index (χ2n) is 6.65. The summed E-state index contributed by atoms with van der Waals surface area (Å²) in [6.07, 6.45) is 5.17. The molecule has 1 N–H and O–H groups in total. The molecule has 0 aliphatic carbocycles. The molecule has 1 rings (SSSR count). The Hall–Kier alpha value is -0.120. The number of likely N-dealkylation sites (tertiary alicyclic amines) is 1. The summed E-state index contributed by atoms with van der Waals surface area (Å²) in [5.74, 6) is 0.852. The largest absolute Gasteiger partial charge is 0.389 e. The van der Waals surface area contributed by atoms with Gasteiger partial charge in [-0.3, -0.25) is 0 Å². The molecule has 0 atom stereocenters. The maximum absolute atomic E-state index is 9.83. The lowest BCUT2D eigenvalue weighted by Gasteiger charge is -2.36. The van der Waals surface area contributed by atoms with Gasteiger partial charge in [-0.1, -0.05) is 13.3 Å². The summed E-state index contributed by atoms with van der Waals surface area (Å²) in [5.41, 5.74) is -0.551. The zero-order valence-corrected chi connectivity index (χ0v) is 12.8. The summed E-state index contributed by atoms with van der Waals surface area (Å²) in [6, 6.07) is 0. The Labute approximate surface area is 113 Å². The third kappa shape index (κ3) is 6.72. The van der Waals surface area contributed by atoms with Crippen LogP contribution in [0.4, 0.5) is 0 Å². The highest BCUT2D eigenvalue weighted by Gasteiger charge is 2.24. The molecule has 1 aliphatic heterocycles. The Bertz CT molecular complexity index is 217. The predicted molar refractivity (Wildman–Crippen MR) is 77.9 cm³/mol. The van der Waals surface area contributed by atoms with Crippen molar-refractivity contribution in [2.45, 2.75) is 52.1 Å². The summed E-state index contributed by atoms with van der Waals surface area (Å²) >= 11 is 0. The monoisotopic (exact) mass is 256 g/mol. The molecule has 0 unspecified atom stereocenters. The molecular formula is C15H32N2O. The number of β-amino-alcohol motifs (C(OH)–C–C–N with tert-alkyl or cyclic N) is 1. The van der Waals surface area contributed by atoms with E-state index in [0.717, 1.165) is 25.6 Å². The second-order valence-corrected chi connectivity index (χ2v) is 6.65. The van der Waals surface area contributed by atoms with Gasteiger partial charge in [0, 0.05) is 13.1 Å². The lowest BCUT2D eigenvalue weighted by Crippen LogP contribution is -2.44. The first-order valence-electron chi connectivity index (χ1n) is 7.54. The van der Waals surface area contributed by atoms with E-state index in [-0.39, 0.29) is 0 Å². The van der Waals surface area contributed by atoms with E-state index >= 15 is 0 Å².